The Kier molecular flexibility index (Phi) is 3.78. The molecular formula is C19H16N4O2. The summed E-state index contributed by atoms with van der Waals surface area (Å²) in [4.78, 5) is 16.7. The smallest absolute Gasteiger partial charge is 0.246 e. The van der Waals surface area contributed by atoms with Crippen molar-refractivity contribution in [3.05, 3.63) is 66.7 Å². The average Bonchev–Trinajstić information content (AvgIpc) is 3.25. The molecule has 3 heterocycles. The standard InChI is InChI=1S/C19H16N4O2/c1-13-18-15(16-8-5-11-25-16)9-10-20-19(18)23(22-13)12-17(24)21-14-6-3-2-4-7-14/h2-11H,12H2,1H3,(H,21,24). The molecule has 0 aliphatic heterocycles. The third-order valence-electron chi connectivity index (χ3n) is 3.95. The minimum Gasteiger partial charge on any atom is -0.464 e. The van der Waals surface area contributed by atoms with Crippen LogP contribution in [0.2, 0.25) is 0 Å². The molecule has 25 heavy (non-hydrogen) atoms. The van der Waals surface area contributed by atoms with E-state index in [2.05, 4.69) is 15.4 Å². The van der Waals surface area contributed by atoms with Gasteiger partial charge >= 0.3 is 0 Å². The minimum absolute atomic E-state index is 0.0911. The summed E-state index contributed by atoms with van der Waals surface area (Å²) in [6, 6.07) is 15.0. The van der Waals surface area contributed by atoms with Crippen molar-refractivity contribution in [2.75, 3.05) is 5.32 Å². The van der Waals surface area contributed by atoms with Crippen LogP contribution < -0.4 is 5.32 Å². The van der Waals surface area contributed by atoms with Crippen molar-refractivity contribution in [3.8, 4) is 11.3 Å². The molecule has 0 unspecified atom stereocenters. The van der Waals surface area contributed by atoms with Crippen LogP contribution in [0.15, 0.2) is 65.4 Å². The molecule has 1 N–H and O–H groups in total. The molecule has 0 saturated heterocycles. The molecule has 0 fully saturated rings. The second-order valence-corrected chi connectivity index (χ2v) is 5.69. The second-order valence-electron chi connectivity index (χ2n) is 5.69. The molecule has 0 saturated carbocycles. The van der Waals surface area contributed by atoms with Gasteiger partial charge in [0.1, 0.15) is 12.3 Å². The summed E-state index contributed by atoms with van der Waals surface area (Å²) in [6.07, 6.45) is 3.33. The average molecular weight is 332 g/mol. The van der Waals surface area contributed by atoms with Crippen molar-refractivity contribution in [3.63, 3.8) is 0 Å². The summed E-state index contributed by atoms with van der Waals surface area (Å²) in [6.45, 7) is 2.00. The first-order valence-corrected chi connectivity index (χ1v) is 7.93. The number of nitrogens with zero attached hydrogens (tertiary/aromatic N) is 3. The van der Waals surface area contributed by atoms with Crippen LogP contribution in [-0.4, -0.2) is 20.7 Å². The van der Waals surface area contributed by atoms with Crippen LogP contribution in [0.4, 0.5) is 5.69 Å². The van der Waals surface area contributed by atoms with Gasteiger partial charge < -0.3 is 9.73 Å². The SMILES string of the molecule is Cc1nn(CC(=O)Nc2ccccc2)c2nccc(-c3ccco3)c12. The highest BCUT2D eigenvalue weighted by Gasteiger charge is 2.17. The topological polar surface area (TPSA) is 73.0 Å². The highest BCUT2D eigenvalue weighted by molar-refractivity contribution is 5.95. The number of amides is 1. The lowest BCUT2D eigenvalue weighted by atomic mass is 10.1. The fourth-order valence-electron chi connectivity index (χ4n) is 2.89. The molecule has 6 heteroatoms. The molecule has 0 aliphatic rings. The Morgan fingerprint density at radius 2 is 2.00 bits per heavy atom. The molecule has 124 valence electrons. The lowest BCUT2D eigenvalue weighted by Gasteiger charge is -2.06. The van der Waals surface area contributed by atoms with Crippen molar-refractivity contribution < 1.29 is 9.21 Å². The zero-order valence-corrected chi connectivity index (χ0v) is 13.6. The Bertz CT molecular complexity index is 1020. The molecule has 0 radical (unpaired) electrons. The van der Waals surface area contributed by atoms with Gasteiger partial charge in [0.05, 0.1) is 17.3 Å². The number of carbonyl (C=O) groups is 1. The highest BCUT2D eigenvalue weighted by atomic mass is 16.3. The Morgan fingerprint density at radius 3 is 2.76 bits per heavy atom. The zero-order valence-electron chi connectivity index (χ0n) is 13.6. The number of hydrogen-bond acceptors (Lipinski definition) is 4. The van der Waals surface area contributed by atoms with E-state index in [0.717, 1.165) is 28.1 Å². The van der Waals surface area contributed by atoms with Crippen molar-refractivity contribution in [1.82, 2.24) is 14.8 Å². The Labute approximate surface area is 144 Å². The molecule has 4 rings (SSSR count). The molecular weight excluding hydrogens is 316 g/mol. The van der Waals surface area contributed by atoms with Crippen molar-refractivity contribution in [1.29, 1.82) is 0 Å². The van der Waals surface area contributed by atoms with E-state index in [1.807, 2.05) is 55.5 Å². The number of benzene rings is 1. The van der Waals surface area contributed by atoms with E-state index in [9.17, 15) is 4.79 Å². The molecule has 1 amide bonds. The Morgan fingerprint density at radius 1 is 1.16 bits per heavy atom. The highest BCUT2D eigenvalue weighted by Crippen LogP contribution is 2.29. The Balaban J connectivity index is 1.67. The lowest BCUT2D eigenvalue weighted by molar-refractivity contribution is -0.116. The normalized spacial score (nSPS) is 10.9. The molecule has 3 aromatic heterocycles. The van der Waals surface area contributed by atoms with Gasteiger partial charge in [0.15, 0.2) is 5.65 Å². The van der Waals surface area contributed by atoms with Crippen LogP contribution >= 0.6 is 0 Å². The minimum atomic E-state index is -0.152. The molecule has 0 bridgehead atoms. The first kappa shape index (κ1) is 15.1. The van der Waals surface area contributed by atoms with Gasteiger partial charge in [-0.05, 0) is 37.3 Å². The third kappa shape index (κ3) is 2.89. The van der Waals surface area contributed by atoms with E-state index in [1.54, 1.807) is 17.1 Å². The van der Waals surface area contributed by atoms with E-state index in [-0.39, 0.29) is 12.5 Å². The molecule has 6 nitrogen and oxygen atoms in total. The number of hydrogen-bond donors (Lipinski definition) is 1. The van der Waals surface area contributed by atoms with E-state index < -0.39 is 0 Å². The quantitative estimate of drug-likeness (QED) is 0.619. The van der Waals surface area contributed by atoms with Crippen molar-refractivity contribution in [2.45, 2.75) is 13.5 Å². The number of rotatable bonds is 4. The number of aromatic nitrogens is 3. The van der Waals surface area contributed by atoms with Gasteiger partial charge in [-0.15, -0.1) is 0 Å². The predicted octanol–water partition coefficient (Wildman–Crippen LogP) is 3.64. The first-order chi connectivity index (χ1) is 12.2. The van der Waals surface area contributed by atoms with Gasteiger partial charge in [-0.1, -0.05) is 18.2 Å². The van der Waals surface area contributed by atoms with E-state index in [0.29, 0.717) is 5.65 Å². The zero-order chi connectivity index (χ0) is 17.2. The van der Waals surface area contributed by atoms with Crippen LogP contribution in [0, 0.1) is 6.92 Å². The molecule has 0 atom stereocenters. The van der Waals surface area contributed by atoms with Gasteiger partial charge in [-0.3, -0.25) is 4.79 Å². The van der Waals surface area contributed by atoms with E-state index >= 15 is 0 Å². The van der Waals surface area contributed by atoms with E-state index in [1.165, 1.54) is 0 Å². The summed E-state index contributed by atoms with van der Waals surface area (Å²) in [7, 11) is 0. The molecule has 4 aromatic rings. The molecule has 1 aromatic carbocycles. The number of pyridine rings is 1. The van der Waals surface area contributed by atoms with Crippen molar-refractivity contribution >= 4 is 22.6 Å². The first-order valence-electron chi connectivity index (χ1n) is 7.93. The predicted molar refractivity (Wildman–Crippen MR) is 95.0 cm³/mol. The number of aryl methyl sites for hydroxylation is 1. The third-order valence-corrected chi connectivity index (χ3v) is 3.95. The van der Waals surface area contributed by atoms with Gasteiger partial charge in [0, 0.05) is 17.4 Å². The van der Waals surface area contributed by atoms with Crippen LogP contribution in [0.3, 0.4) is 0 Å². The maximum Gasteiger partial charge on any atom is 0.246 e. The summed E-state index contributed by atoms with van der Waals surface area (Å²) in [5.74, 6) is 0.601. The van der Waals surface area contributed by atoms with Gasteiger partial charge in [0.2, 0.25) is 5.91 Å². The Hall–Kier alpha value is -3.41. The fraction of sp³-hybridized carbons (Fsp3) is 0.105. The number of furan rings is 1. The summed E-state index contributed by atoms with van der Waals surface area (Å²) >= 11 is 0. The van der Waals surface area contributed by atoms with Gasteiger partial charge in [-0.25, -0.2) is 9.67 Å². The summed E-state index contributed by atoms with van der Waals surface area (Å²) in [5, 5.41) is 8.25. The number of anilines is 1. The largest absolute Gasteiger partial charge is 0.464 e. The van der Waals surface area contributed by atoms with E-state index in [4.69, 9.17) is 4.42 Å². The maximum atomic E-state index is 12.3. The number of para-hydroxylation sites is 1. The lowest BCUT2D eigenvalue weighted by Crippen LogP contribution is -2.19. The van der Waals surface area contributed by atoms with Crippen LogP contribution in [0.1, 0.15) is 5.69 Å². The van der Waals surface area contributed by atoms with Crippen LogP contribution in [0.5, 0.6) is 0 Å². The second kappa shape index (κ2) is 6.24. The fourth-order valence-corrected chi connectivity index (χ4v) is 2.89. The maximum absolute atomic E-state index is 12.3. The van der Waals surface area contributed by atoms with Gasteiger partial charge in [-0.2, -0.15) is 5.10 Å². The number of nitrogens with one attached hydrogen (secondary N) is 1. The monoisotopic (exact) mass is 332 g/mol. The van der Waals surface area contributed by atoms with Crippen LogP contribution in [-0.2, 0) is 11.3 Å². The van der Waals surface area contributed by atoms with Crippen molar-refractivity contribution in [2.24, 2.45) is 0 Å². The van der Waals surface area contributed by atoms with Gasteiger partial charge in [0.25, 0.3) is 0 Å². The molecule has 0 aliphatic carbocycles. The molecule has 0 spiro atoms. The number of fused-ring (bicyclic) bond motifs is 1. The number of carbonyl (C=O) groups excluding carboxylic acids is 1. The summed E-state index contributed by atoms with van der Waals surface area (Å²) < 4.78 is 7.13. The van der Waals surface area contributed by atoms with Crippen LogP contribution in [0.25, 0.3) is 22.4 Å². The summed E-state index contributed by atoms with van der Waals surface area (Å²) in [5.41, 5.74) is 3.14.